The maximum Gasteiger partial charge on any atom is 0.338 e. The second-order valence-electron chi connectivity index (χ2n) is 7.05. The molecule has 0 heterocycles. The summed E-state index contributed by atoms with van der Waals surface area (Å²) in [6.07, 6.45) is 3.37. The SMILES string of the molecule is CC1(C)C2CC[C@]1(C)C(OC(=O)c1ccc(O)cc1)C2. The number of phenols is 1. The van der Waals surface area contributed by atoms with Crippen molar-refractivity contribution in [2.24, 2.45) is 16.7 Å². The molecule has 2 aliphatic rings. The van der Waals surface area contributed by atoms with Crippen molar-refractivity contribution >= 4 is 5.97 Å². The number of fused-ring (bicyclic) bond motifs is 2. The van der Waals surface area contributed by atoms with Crippen LogP contribution in [0.2, 0.25) is 0 Å². The highest BCUT2D eigenvalue weighted by Crippen LogP contribution is 2.66. The molecule has 1 aromatic carbocycles. The first-order valence-corrected chi connectivity index (χ1v) is 7.34. The van der Waals surface area contributed by atoms with Crippen LogP contribution in [-0.4, -0.2) is 17.2 Å². The summed E-state index contributed by atoms with van der Waals surface area (Å²) in [5, 5.41) is 9.27. The predicted molar refractivity (Wildman–Crippen MR) is 76.5 cm³/mol. The Bertz CT molecular complexity index is 532. The van der Waals surface area contributed by atoms with E-state index in [-0.39, 0.29) is 28.7 Å². The molecule has 0 spiro atoms. The highest BCUT2D eigenvalue weighted by molar-refractivity contribution is 5.89. The normalized spacial score (nSPS) is 34.1. The number of benzene rings is 1. The number of aromatic hydroxyl groups is 1. The lowest BCUT2D eigenvalue weighted by Gasteiger charge is -2.38. The molecule has 2 aliphatic carbocycles. The van der Waals surface area contributed by atoms with E-state index in [1.54, 1.807) is 12.1 Å². The molecule has 0 aliphatic heterocycles. The van der Waals surface area contributed by atoms with Crippen LogP contribution in [0.25, 0.3) is 0 Å². The van der Waals surface area contributed by atoms with E-state index in [1.807, 2.05) is 0 Å². The molecule has 0 radical (unpaired) electrons. The van der Waals surface area contributed by atoms with E-state index in [2.05, 4.69) is 20.8 Å². The molecule has 3 atom stereocenters. The fraction of sp³-hybridized carbons (Fsp3) is 0.588. The van der Waals surface area contributed by atoms with Gasteiger partial charge in [0.2, 0.25) is 0 Å². The van der Waals surface area contributed by atoms with Crippen LogP contribution in [0.1, 0.15) is 50.4 Å². The fourth-order valence-corrected chi connectivity index (χ4v) is 4.10. The van der Waals surface area contributed by atoms with Gasteiger partial charge in [0, 0.05) is 5.41 Å². The van der Waals surface area contributed by atoms with E-state index in [1.165, 1.54) is 18.6 Å². The number of carbonyl (C=O) groups is 1. The minimum absolute atomic E-state index is 0.0116. The van der Waals surface area contributed by atoms with Crippen molar-refractivity contribution < 1.29 is 14.6 Å². The average Bonchev–Trinajstić information content (AvgIpc) is 2.72. The standard InChI is InChI=1S/C17H22O3/c1-16(2)12-8-9-17(16,3)14(10-12)20-15(19)11-4-6-13(18)7-5-11/h4-7,12,14,18H,8-10H2,1-3H3/t12?,14?,17-/m1/s1. The summed E-state index contributed by atoms with van der Waals surface area (Å²) >= 11 is 0. The van der Waals surface area contributed by atoms with Crippen molar-refractivity contribution in [2.75, 3.05) is 0 Å². The van der Waals surface area contributed by atoms with Gasteiger partial charge in [-0.05, 0) is 54.9 Å². The molecular weight excluding hydrogens is 252 g/mol. The smallest absolute Gasteiger partial charge is 0.338 e. The number of hydrogen-bond acceptors (Lipinski definition) is 3. The van der Waals surface area contributed by atoms with Gasteiger partial charge in [-0.15, -0.1) is 0 Å². The second kappa shape index (κ2) is 4.24. The lowest BCUT2D eigenvalue weighted by molar-refractivity contribution is -0.0242. The summed E-state index contributed by atoms with van der Waals surface area (Å²) in [6, 6.07) is 6.25. The summed E-state index contributed by atoms with van der Waals surface area (Å²) in [5.41, 5.74) is 0.837. The zero-order valence-electron chi connectivity index (χ0n) is 12.3. The third kappa shape index (κ3) is 1.75. The van der Waals surface area contributed by atoms with Gasteiger partial charge in [-0.1, -0.05) is 20.8 Å². The largest absolute Gasteiger partial charge is 0.508 e. The monoisotopic (exact) mass is 274 g/mol. The molecule has 0 saturated heterocycles. The number of ether oxygens (including phenoxy) is 1. The third-order valence-electron chi connectivity index (χ3n) is 6.07. The first-order valence-electron chi connectivity index (χ1n) is 7.34. The third-order valence-corrected chi connectivity index (χ3v) is 6.07. The van der Waals surface area contributed by atoms with E-state index in [4.69, 9.17) is 4.74 Å². The maximum absolute atomic E-state index is 12.2. The van der Waals surface area contributed by atoms with Gasteiger partial charge in [0.25, 0.3) is 0 Å². The molecule has 2 bridgehead atoms. The average molecular weight is 274 g/mol. The Morgan fingerprint density at radius 1 is 1.25 bits per heavy atom. The molecular formula is C17H22O3. The van der Waals surface area contributed by atoms with Crippen molar-refractivity contribution in [3.63, 3.8) is 0 Å². The van der Waals surface area contributed by atoms with Crippen LogP contribution in [0.15, 0.2) is 24.3 Å². The molecule has 1 N–H and O–H groups in total. The lowest BCUT2D eigenvalue weighted by Crippen LogP contribution is -2.38. The zero-order chi connectivity index (χ0) is 14.5. The van der Waals surface area contributed by atoms with Crippen LogP contribution in [-0.2, 0) is 4.74 Å². The number of hydrogen-bond donors (Lipinski definition) is 1. The van der Waals surface area contributed by atoms with E-state index in [0.29, 0.717) is 11.5 Å². The van der Waals surface area contributed by atoms with Crippen LogP contribution >= 0.6 is 0 Å². The second-order valence-corrected chi connectivity index (χ2v) is 7.05. The van der Waals surface area contributed by atoms with E-state index in [0.717, 1.165) is 12.8 Å². The quantitative estimate of drug-likeness (QED) is 0.835. The van der Waals surface area contributed by atoms with Crippen LogP contribution in [0.3, 0.4) is 0 Å². The maximum atomic E-state index is 12.2. The highest BCUT2D eigenvalue weighted by Gasteiger charge is 2.62. The predicted octanol–water partition coefficient (Wildman–Crippen LogP) is 3.76. The van der Waals surface area contributed by atoms with Crippen LogP contribution in [0.4, 0.5) is 0 Å². The molecule has 3 rings (SSSR count). The van der Waals surface area contributed by atoms with Crippen molar-refractivity contribution in [1.29, 1.82) is 0 Å². The fourth-order valence-electron chi connectivity index (χ4n) is 4.10. The Morgan fingerprint density at radius 2 is 1.90 bits per heavy atom. The van der Waals surface area contributed by atoms with Crippen molar-refractivity contribution in [3.05, 3.63) is 29.8 Å². The molecule has 108 valence electrons. The summed E-state index contributed by atoms with van der Waals surface area (Å²) in [6.45, 7) is 6.87. The molecule has 2 unspecified atom stereocenters. The van der Waals surface area contributed by atoms with E-state index >= 15 is 0 Å². The Kier molecular flexibility index (Phi) is 2.86. The van der Waals surface area contributed by atoms with Gasteiger partial charge >= 0.3 is 5.97 Å². The van der Waals surface area contributed by atoms with Crippen molar-refractivity contribution in [3.8, 4) is 5.75 Å². The minimum atomic E-state index is -0.278. The Morgan fingerprint density at radius 3 is 2.40 bits per heavy atom. The Hall–Kier alpha value is -1.51. The molecule has 2 saturated carbocycles. The van der Waals surface area contributed by atoms with Gasteiger partial charge in [0.15, 0.2) is 0 Å². The van der Waals surface area contributed by atoms with Crippen molar-refractivity contribution in [1.82, 2.24) is 0 Å². The Balaban J connectivity index is 1.76. The summed E-state index contributed by atoms with van der Waals surface area (Å²) < 4.78 is 5.79. The van der Waals surface area contributed by atoms with Gasteiger partial charge in [0.05, 0.1) is 5.56 Å². The first kappa shape index (κ1) is 13.5. The zero-order valence-corrected chi connectivity index (χ0v) is 12.3. The summed E-state index contributed by atoms with van der Waals surface area (Å²) in [5.74, 6) is 0.541. The molecule has 1 aromatic rings. The van der Waals surface area contributed by atoms with E-state index < -0.39 is 0 Å². The number of rotatable bonds is 2. The summed E-state index contributed by atoms with van der Waals surface area (Å²) in [7, 11) is 0. The first-order chi connectivity index (χ1) is 9.34. The summed E-state index contributed by atoms with van der Waals surface area (Å²) in [4.78, 5) is 12.2. The van der Waals surface area contributed by atoms with Gasteiger partial charge < -0.3 is 9.84 Å². The van der Waals surface area contributed by atoms with Gasteiger partial charge in [0.1, 0.15) is 11.9 Å². The number of esters is 1. The lowest BCUT2D eigenvalue weighted by atomic mass is 9.70. The van der Waals surface area contributed by atoms with Gasteiger partial charge in [-0.25, -0.2) is 4.79 Å². The molecule has 3 nitrogen and oxygen atoms in total. The molecule has 20 heavy (non-hydrogen) atoms. The molecule has 0 amide bonds. The van der Waals surface area contributed by atoms with Crippen molar-refractivity contribution in [2.45, 2.75) is 46.1 Å². The number of phenolic OH excluding ortho intramolecular Hbond substituents is 1. The van der Waals surface area contributed by atoms with Crippen LogP contribution in [0.5, 0.6) is 5.75 Å². The van der Waals surface area contributed by atoms with Gasteiger partial charge in [-0.2, -0.15) is 0 Å². The Labute approximate surface area is 120 Å². The topological polar surface area (TPSA) is 46.5 Å². The van der Waals surface area contributed by atoms with E-state index in [9.17, 15) is 9.90 Å². The van der Waals surface area contributed by atoms with Gasteiger partial charge in [-0.3, -0.25) is 0 Å². The van der Waals surface area contributed by atoms with Crippen LogP contribution < -0.4 is 0 Å². The highest BCUT2D eigenvalue weighted by atomic mass is 16.5. The molecule has 0 aromatic heterocycles. The number of carbonyl (C=O) groups excluding carboxylic acids is 1. The molecule has 2 fully saturated rings. The minimum Gasteiger partial charge on any atom is -0.508 e. The van der Waals surface area contributed by atoms with Crippen LogP contribution in [0, 0.1) is 16.7 Å². The molecule has 3 heteroatoms.